The molecule has 1 aliphatic heterocycles. The van der Waals surface area contributed by atoms with E-state index in [0.717, 1.165) is 31.8 Å². The maximum atomic E-state index is 12.6. The van der Waals surface area contributed by atoms with Crippen molar-refractivity contribution < 1.29 is 13.2 Å². The van der Waals surface area contributed by atoms with Crippen molar-refractivity contribution in [3.05, 3.63) is 18.0 Å². The van der Waals surface area contributed by atoms with E-state index in [1.165, 1.54) is 6.42 Å². The molecule has 0 bridgehead atoms. The molecule has 0 saturated carbocycles. The Morgan fingerprint density at radius 3 is 2.88 bits per heavy atom. The van der Waals surface area contributed by atoms with Crippen LogP contribution in [0.2, 0.25) is 0 Å². The van der Waals surface area contributed by atoms with E-state index >= 15 is 0 Å². The zero-order chi connectivity index (χ0) is 18.3. The first-order valence-corrected chi connectivity index (χ1v) is 8.32. The lowest BCUT2D eigenvalue weighted by molar-refractivity contribution is -0.141. The van der Waals surface area contributed by atoms with E-state index in [0.29, 0.717) is 31.6 Å². The molecule has 148 valence electrons. The van der Waals surface area contributed by atoms with E-state index in [1.54, 1.807) is 0 Å². The Kier molecular flexibility index (Phi) is 9.33. The Hall–Kier alpha value is -1.37. The van der Waals surface area contributed by atoms with E-state index in [-0.39, 0.29) is 29.9 Å². The zero-order valence-electron chi connectivity index (χ0n) is 14.6. The van der Waals surface area contributed by atoms with Crippen LogP contribution in [0.5, 0.6) is 0 Å². The summed E-state index contributed by atoms with van der Waals surface area (Å²) >= 11 is 0. The molecule has 0 aliphatic carbocycles. The third kappa shape index (κ3) is 7.09. The monoisotopic (exact) mass is 487 g/mol. The highest BCUT2D eigenvalue weighted by atomic mass is 127. The van der Waals surface area contributed by atoms with Crippen molar-refractivity contribution in [1.29, 1.82) is 0 Å². The van der Waals surface area contributed by atoms with Crippen LogP contribution >= 0.6 is 24.0 Å². The second-order valence-corrected chi connectivity index (χ2v) is 5.77. The van der Waals surface area contributed by atoms with E-state index in [9.17, 15) is 13.2 Å². The fourth-order valence-electron chi connectivity index (χ4n) is 2.74. The van der Waals surface area contributed by atoms with Gasteiger partial charge in [-0.05, 0) is 32.0 Å². The van der Waals surface area contributed by atoms with Crippen LogP contribution in [0.3, 0.4) is 0 Å². The Morgan fingerprint density at radius 1 is 1.42 bits per heavy atom. The molecule has 1 fully saturated rings. The SMILES string of the molecule is CCN1CCCC1CN=C(N)NCCNc1nccc(C(F)(F)F)n1.I. The van der Waals surface area contributed by atoms with Crippen molar-refractivity contribution in [1.82, 2.24) is 20.2 Å². The van der Waals surface area contributed by atoms with Crippen LogP contribution in [-0.2, 0) is 6.18 Å². The van der Waals surface area contributed by atoms with Gasteiger partial charge in [-0.15, -0.1) is 24.0 Å². The predicted octanol–water partition coefficient (Wildman–Crippen LogP) is 1.91. The van der Waals surface area contributed by atoms with Gasteiger partial charge in [0.1, 0.15) is 5.69 Å². The van der Waals surface area contributed by atoms with Gasteiger partial charge in [-0.3, -0.25) is 9.89 Å². The number of nitrogens with one attached hydrogen (secondary N) is 2. The average molecular weight is 487 g/mol. The number of rotatable bonds is 7. The number of hydrogen-bond donors (Lipinski definition) is 3. The van der Waals surface area contributed by atoms with Gasteiger partial charge in [-0.1, -0.05) is 6.92 Å². The molecular formula is C15H25F3IN7. The largest absolute Gasteiger partial charge is 0.433 e. The number of alkyl halides is 3. The number of aromatic nitrogens is 2. The Morgan fingerprint density at radius 2 is 2.19 bits per heavy atom. The third-order valence-electron chi connectivity index (χ3n) is 4.04. The number of likely N-dealkylation sites (tertiary alicyclic amines) is 1. The molecule has 1 saturated heterocycles. The highest BCUT2D eigenvalue weighted by molar-refractivity contribution is 14.0. The van der Waals surface area contributed by atoms with Crippen LogP contribution < -0.4 is 16.4 Å². The molecular weight excluding hydrogens is 462 g/mol. The van der Waals surface area contributed by atoms with E-state index in [1.807, 2.05) is 0 Å². The minimum Gasteiger partial charge on any atom is -0.370 e. The molecule has 4 N–H and O–H groups in total. The van der Waals surface area contributed by atoms with Gasteiger partial charge in [0.05, 0.1) is 6.54 Å². The minimum absolute atomic E-state index is 0. The fraction of sp³-hybridized carbons (Fsp3) is 0.667. The second-order valence-electron chi connectivity index (χ2n) is 5.77. The summed E-state index contributed by atoms with van der Waals surface area (Å²) in [6.45, 7) is 5.61. The topological polar surface area (TPSA) is 91.5 Å². The minimum atomic E-state index is -4.48. The Labute approximate surface area is 168 Å². The highest BCUT2D eigenvalue weighted by Gasteiger charge is 2.32. The molecule has 7 nitrogen and oxygen atoms in total. The van der Waals surface area contributed by atoms with Crippen molar-refractivity contribution in [2.45, 2.75) is 32.0 Å². The molecule has 11 heteroatoms. The lowest BCUT2D eigenvalue weighted by atomic mass is 10.2. The Bertz CT molecular complexity index is 583. The quantitative estimate of drug-likeness (QED) is 0.236. The second kappa shape index (κ2) is 10.7. The van der Waals surface area contributed by atoms with Gasteiger partial charge >= 0.3 is 6.18 Å². The van der Waals surface area contributed by atoms with Crippen molar-refractivity contribution in [2.75, 3.05) is 38.0 Å². The summed E-state index contributed by atoms with van der Waals surface area (Å²) in [7, 11) is 0. The number of likely N-dealkylation sites (N-methyl/N-ethyl adjacent to an activating group) is 1. The molecule has 1 aromatic rings. The highest BCUT2D eigenvalue weighted by Crippen LogP contribution is 2.27. The molecule has 0 spiro atoms. The number of guanidine groups is 1. The molecule has 0 amide bonds. The number of aliphatic imine (C=N–C) groups is 1. The molecule has 2 rings (SSSR count). The molecule has 1 aromatic heterocycles. The van der Waals surface area contributed by atoms with Crippen LogP contribution in [0.25, 0.3) is 0 Å². The smallest absolute Gasteiger partial charge is 0.370 e. The van der Waals surface area contributed by atoms with Gasteiger partial charge in [0.25, 0.3) is 0 Å². The van der Waals surface area contributed by atoms with E-state index < -0.39 is 11.9 Å². The number of anilines is 1. The van der Waals surface area contributed by atoms with Crippen LogP contribution in [0.15, 0.2) is 17.3 Å². The number of halogens is 4. The summed E-state index contributed by atoms with van der Waals surface area (Å²) in [5.74, 6) is 0.256. The van der Waals surface area contributed by atoms with Crippen molar-refractivity contribution in [3.63, 3.8) is 0 Å². The fourth-order valence-corrected chi connectivity index (χ4v) is 2.74. The zero-order valence-corrected chi connectivity index (χ0v) is 16.9. The number of nitrogens with two attached hydrogens (primary N) is 1. The summed E-state index contributed by atoms with van der Waals surface area (Å²) in [4.78, 5) is 13.9. The Balaban J connectivity index is 0.00000338. The average Bonchev–Trinajstić information content (AvgIpc) is 3.04. The van der Waals surface area contributed by atoms with Crippen molar-refractivity contribution >= 4 is 35.9 Å². The van der Waals surface area contributed by atoms with Crippen LogP contribution in [0.4, 0.5) is 19.1 Å². The molecule has 1 atom stereocenters. The van der Waals surface area contributed by atoms with Gasteiger partial charge in [-0.25, -0.2) is 9.97 Å². The van der Waals surface area contributed by atoms with Gasteiger partial charge < -0.3 is 16.4 Å². The summed E-state index contributed by atoms with van der Waals surface area (Å²) in [6.07, 6.45) is -1.11. The van der Waals surface area contributed by atoms with E-state index in [4.69, 9.17) is 5.73 Å². The first-order chi connectivity index (χ1) is 11.9. The normalized spacial score (nSPS) is 18.5. The lowest BCUT2D eigenvalue weighted by Gasteiger charge is -2.20. The van der Waals surface area contributed by atoms with Crippen LogP contribution in [0.1, 0.15) is 25.5 Å². The lowest BCUT2D eigenvalue weighted by Crippen LogP contribution is -2.37. The first-order valence-electron chi connectivity index (χ1n) is 8.32. The third-order valence-corrected chi connectivity index (χ3v) is 4.04. The van der Waals surface area contributed by atoms with Crippen molar-refractivity contribution in [3.8, 4) is 0 Å². The van der Waals surface area contributed by atoms with Crippen LogP contribution in [0, 0.1) is 0 Å². The molecule has 1 unspecified atom stereocenters. The first kappa shape index (κ1) is 22.7. The van der Waals surface area contributed by atoms with Gasteiger partial charge in [0, 0.05) is 25.3 Å². The summed E-state index contributed by atoms with van der Waals surface area (Å²) in [5.41, 5.74) is 4.84. The standard InChI is InChI=1S/C15H24F3N7.HI/c1-2-25-9-3-4-11(25)10-23-13(19)20-7-8-22-14-21-6-5-12(24-14)15(16,17)18;/h5-6,11H,2-4,7-10H2,1H3,(H3,19,20,23)(H,21,22,24);1H. The van der Waals surface area contributed by atoms with Gasteiger partial charge in [0.2, 0.25) is 5.95 Å². The van der Waals surface area contributed by atoms with E-state index in [2.05, 4.69) is 37.4 Å². The molecule has 26 heavy (non-hydrogen) atoms. The maximum absolute atomic E-state index is 12.6. The molecule has 0 radical (unpaired) electrons. The summed E-state index contributed by atoms with van der Waals surface area (Å²) < 4.78 is 37.7. The molecule has 2 heterocycles. The molecule has 1 aliphatic rings. The predicted molar refractivity (Wildman–Crippen MR) is 106 cm³/mol. The van der Waals surface area contributed by atoms with Crippen molar-refractivity contribution in [2.24, 2.45) is 10.7 Å². The number of nitrogens with zero attached hydrogens (tertiary/aromatic N) is 4. The van der Waals surface area contributed by atoms with Gasteiger partial charge in [-0.2, -0.15) is 13.2 Å². The molecule has 0 aromatic carbocycles. The van der Waals surface area contributed by atoms with Crippen LogP contribution in [-0.4, -0.2) is 59.6 Å². The number of hydrogen-bond acceptors (Lipinski definition) is 5. The summed E-state index contributed by atoms with van der Waals surface area (Å²) in [5, 5.41) is 5.65. The maximum Gasteiger partial charge on any atom is 0.433 e. The summed E-state index contributed by atoms with van der Waals surface area (Å²) in [6, 6.07) is 1.26. The van der Waals surface area contributed by atoms with Gasteiger partial charge in [0.15, 0.2) is 5.96 Å².